The van der Waals surface area contributed by atoms with Gasteiger partial charge >= 0.3 is 5.97 Å². The van der Waals surface area contributed by atoms with E-state index >= 15 is 4.39 Å². The van der Waals surface area contributed by atoms with Gasteiger partial charge in [0.15, 0.2) is 17.3 Å². The van der Waals surface area contributed by atoms with E-state index in [0.717, 1.165) is 27.6 Å². The number of ether oxygens (including phenoxy) is 1. The number of pyridine rings is 1. The average molecular weight is 481 g/mol. The number of halogens is 1. The van der Waals surface area contributed by atoms with E-state index in [4.69, 9.17) is 10.5 Å². The van der Waals surface area contributed by atoms with Crippen LogP contribution in [0.25, 0.3) is 38.1 Å². The Bertz CT molecular complexity index is 1850. The summed E-state index contributed by atoms with van der Waals surface area (Å²) >= 11 is 0. The van der Waals surface area contributed by atoms with Gasteiger partial charge in [-0.25, -0.2) is 9.18 Å². The van der Waals surface area contributed by atoms with Gasteiger partial charge in [-0.1, -0.05) is 36.4 Å². The van der Waals surface area contributed by atoms with E-state index in [-0.39, 0.29) is 22.9 Å². The van der Waals surface area contributed by atoms with Crippen LogP contribution in [-0.4, -0.2) is 34.8 Å². The second kappa shape index (κ2) is 7.29. The molecular weight excluding hydrogens is 461 g/mol. The van der Waals surface area contributed by atoms with E-state index in [2.05, 4.69) is 0 Å². The summed E-state index contributed by atoms with van der Waals surface area (Å²) in [5.41, 5.74) is 6.08. The number of anilines is 1. The number of carboxylic acids is 1. The third-order valence-electron chi connectivity index (χ3n) is 7.26. The van der Waals surface area contributed by atoms with Crippen LogP contribution in [0, 0.1) is 5.82 Å². The largest absolute Gasteiger partial charge is 0.477 e. The van der Waals surface area contributed by atoms with Crippen molar-refractivity contribution in [3.63, 3.8) is 0 Å². The monoisotopic (exact) mass is 481 g/mol. The predicted molar refractivity (Wildman–Crippen MR) is 136 cm³/mol. The van der Waals surface area contributed by atoms with Crippen LogP contribution in [0.1, 0.15) is 16.8 Å². The molecule has 3 N–H and O–H groups in total. The molecular formula is C28H20FN3O4. The van der Waals surface area contributed by atoms with Crippen LogP contribution in [0.4, 0.5) is 10.1 Å². The average Bonchev–Trinajstić information content (AvgIpc) is 3.30. The highest BCUT2D eigenvalue weighted by Crippen LogP contribution is 2.49. The van der Waals surface area contributed by atoms with Crippen molar-refractivity contribution in [3.05, 3.63) is 82.4 Å². The molecule has 5 aromatic rings. The maximum Gasteiger partial charge on any atom is 0.341 e. The smallest absolute Gasteiger partial charge is 0.341 e. The predicted octanol–water partition coefficient (Wildman–Crippen LogP) is 4.78. The van der Waals surface area contributed by atoms with Crippen molar-refractivity contribution in [3.8, 4) is 17.2 Å². The number of hydrogen-bond acceptors (Lipinski definition) is 5. The van der Waals surface area contributed by atoms with Crippen LogP contribution < -0.4 is 20.8 Å². The zero-order valence-electron chi connectivity index (χ0n) is 19.0. The molecule has 0 amide bonds. The fourth-order valence-electron chi connectivity index (χ4n) is 5.59. The SMILES string of the molecule is N[C@@H]1CCN(c2c(F)cc3c(=O)c(C(=O)O)cn4c3c2Oc2c-4ccc3c2ccc2ccccc23)C1. The first-order chi connectivity index (χ1) is 17.4. The molecule has 0 unspecified atom stereocenters. The minimum absolute atomic E-state index is 0.0427. The number of hydrogen-bond donors (Lipinski definition) is 2. The topological polar surface area (TPSA) is 97.8 Å². The number of fused-ring (bicyclic) bond motifs is 6. The van der Waals surface area contributed by atoms with E-state index in [1.807, 2.05) is 53.4 Å². The van der Waals surface area contributed by atoms with E-state index in [9.17, 15) is 14.7 Å². The number of aromatic nitrogens is 1. The minimum atomic E-state index is -1.37. The van der Waals surface area contributed by atoms with Crippen LogP contribution in [-0.2, 0) is 0 Å². The Morgan fingerprint density at radius 2 is 1.83 bits per heavy atom. The normalized spacial score (nSPS) is 16.5. The Morgan fingerprint density at radius 1 is 1.03 bits per heavy atom. The molecule has 4 aromatic carbocycles. The maximum absolute atomic E-state index is 15.7. The number of benzene rings is 4. The lowest BCUT2D eigenvalue weighted by molar-refractivity contribution is 0.0695. The molecule has 2 aliphatic heterocycles. The van der Waals surface area contributed by atoms with E-state index in [0.29, 0.717) is 36.5 Å². The fraction of sp³-hybridized carbons (Fsp3) is 0.143. The Balaban J connectivity index is 1.62. The van der Waals surface area contributed by atoms with Crippen molar-refractivity contribution in [1.82, 2.24) is 4.57 Å². The Kier molecular flexibility index (Phi) is 4.23. The lowest BCUT2D eigenvalue weighted by atomic mass is 9.99. The van der Waals surface area contributed by atoms with Gasteiger partial charge in [-0.3, -0.25) is 4.79 Å². The van der Waals surface area contributed by atoms with Gasteiger partial charge in [-0.05, 0) is 40.8 Å². The Morgan fingerprint density at radius 3 is 2.61 bits per heavy atom. The van der Waals surface area contributed by atoms with Gasteiger partial charge in [0.2, 0.25) is 5.43 Å². The quantitative estimate of drug-likeness (QED) is 0.346. The molecule has 3 heterocycles. The van der Waals surface area contributed by atoms with Gasteiger partial charge in [-0.15, -0.1) is 0 Å². The zero-order chi connectivity index (χ0) is 24.7. The summed E-state index contributed by atoms with van der Waals surface area (Å²) in [4.78, 5) is 26.8. The third-order valence-corrected chi connectivity index (χ3v) is 7.26. The molecule has 0 radical (unpaired) electrons. The fourth-order valence-corrected chi connectivity index (χ4v) is 5.59. The summed E-state index contributed by atoms with van der Waals surface area (Å²) in [7, 11) is 0. The van der Waals surface area contributed by atoms with Crippen molar-refractivity contribution in [1.29, 1.82) is 0 Å². The van der Waals surface area contributed by atoms with Crippen molar-refractivity contribution in [2.24, 2.45) is 5.73 Å². The highest BCUT2D eigenvalue weighted by molar-refractivity contribution is 6.11. The first kappa shape index (κ1) is 20.9. The number of nitrogens with zero attached hydrogens (tertiary/aromatic N) is 2. The van der Waals surface area contributed by atoms with Gasteiger partial charge in [0.25, 0.3) is 0 Å². The molecule has 0 spiro atoms. The standard InChI is InChI=1S/C28H20FN3O4/c29-21-11-19-23-27(24(21)31-10-9-15(30)12-31)36-26-18-6-5-14-3-1-2-4-16(14)17(18)7-8-22(26)32(23)13-20(25(19)33)28(34)35/h1-8,11,13,15H,9-10,12,30H2,(H,34,35)/t15-/m1/s1. The summed E-state index contributed by atoms with van der Waals surface area (Å²) in [5, 5.41) is 13.5. The maximum atomic E-state index is 15.7. The molecule has 1 fully saturated rings. The van der Waals surface area contributed by atoms with Crippen LogP contribution in [0.2, 0.25) is 0 Å². The van der Waals surface area contributed by atoms with Gasteiger partial charge in [0, 0.05) is 30.7 Å². The summed E-state index contributed by atoms with van der Waals surface area (Å²) in [6, 6.07) is 16.7. The van der Waals surface area contributed by atoms with Gasteiger partial charge < -0.3 is 25.0 Å². The first-order valence-corrected chi connectivity index (χ1v) is 11.7. The van der Waals surface area contributed by atoms with Gasteiger partial charge in [-0.2, -0.15) is 0 Å². The molecule has 0 aliphatic carbocycles. The third kappa shape index (κ3) is 2.76. The summed E-state index contributed by atoms with van der Waals surface area (Å²) in [5.74, 6) is -1.35. The van der Waals surface area contributed by atoms with Crippen LogP contribution in [0.15, 0.2) is 65.6 Å². The number of rotatable bonds is 2. The number of carboxylic acid groups (broad SMARTS) is 1. The summed E-state index contributed by atoms with van der Waals surface area (Å²) in [6.45, 7) is 0.994. The molecule has 8 heteroatoms. The minimum Gasteiger partial charge on any atom is -0.477 e. The molecule has 1 saturated heterocycles. The van der Waals surface area contributed by atoms with E-state index < -0.39 is 22.8 Å². The first-order valence-electron chi connectivity index (χ1n) is 11.7. The number of aromatic carboxylic acids is 1. The molecule has 0 saturated carbocycles. The Labute approximate surface area is 203 Å². The molecule has 36 heavy (non-hydrogen) atoms. The molecule has 1 aromatic heterocycles. The molecule has 0 bridgehead atoms. The van der Waals surface area contributed by atoms with Crippen LogP contribution >= 0.6 is 0 Å². The molecule has 2 aliphatic rings. The second-order valence-electron chi connectivity index (χ2n) is 9.37. The van der Waals surface area contributed by atoms with Crippen molar-refractivity contribution < 1.29 is 19.0 Å². The summed E-state index contributed by atoms with van der Waals surface area (Å²) in [6.07, 6.45) is 2.01. The van der Waals surface area contributed by atoms with Crippen molar-refractivity contribution >= 4 is 44.1 Å². The van der Waals surface area contributed by atoms with Gasteiger partial charge in [0.1, 0.15) is 16.8 Å². The lowest BCUT2D eigenvalue weighted by Gasteiger charge is -2.29. The van der Waals surface area contributed by atoms with E-state index in [1.54, 1.807) is 4.57 Å². The number of carbonyl (C=O) groups is 1. The van der Waals surface area contributed by atoms with Crippen LogP contribution in [0.3, 0.4) is 0 Å². The lowest BCUT2D eigenvalue weighted by Crippen LogP contribution is -2.28. The van der Waals surface area contributed by atoms with Crippen LogP contribution in [0.5, 0.6) is 11.5 Å². The van der Waals surface area contributed by atoms with Crippen molar-refractivity contribution in [2.45, 2.75) is 12.5 Å². The Hall–Kier alpha value is -4.43. The van der Waals surface area contributed by atoms with E-state index in [1.165, 1.54) is 6.20 Å². The second-order valence-corrected chi connectivity index (χ2v) is 9.37. The molecule has 7 nitrogen and oxygen atoms in total. The number of nitrogens with two attached hydrogens (primary N) is 1. The molecule has 7 rings (SSSR count). The molecule has 178 valence electrons. The molecule has 1 atom stereocenters. The summed E-state index contributed by atoms with van der Waals surface area (Å²) < 4.78 is 23.8. The van der Waals surface area contributed by atoms with Crippen molar-refractivity contribution in [2.75, 3.05) is 18.0 Å². The highest BCUT2D eigenvalue weighted by atomic mass is 19.1. The highest BCUT2D eigenvalue weighted by Gasteiger charge is 2.33. The van der Waals surface area contributed by atoms with Gasteiger partial charge in [0.05, 0.1) is 11.1 Å². The zero-order valence-corrected chi connectivity index (χ0v) is 19.0.